The number of hydrogen-bond donors (Lipinski definition) is 1. The van der Waals surface area contributed by atoms with E-state index in [4.69, 9.17) is 21.1 Å². The van der Waals surface area contributed by atoms with E-state index in [2.05, 4.69) is 11.1 Å². The third-order valence-electron chi connectivity index (χ3n) is 3.62. The zero-order chi connectivity index (χ0) is 18.0. The quantitative estimate of drug-likeness (QED) is 0.728. The fourth-order valence-corrected chi connectivity index (χ4v) is 4.68. The van der Waals surface area contributed by atoms with Crippen LogP contribution in [-0.4, -0.2) is 29.4 Å². The molecule has 0 spiro atoms. The summed E-state index contributed by atoms with van der Waals surface area (Å²) >= 11 is 9.27. The summed E-state index contributed by atoms with van der Waals surface area (Å²) in [5.41, 5.74) is 0.282. The molecule has 0 bridgehead atoms. The first-order valence-corrected chi connectivity index (χ1v) is 9.95. The van der Waals surface area contributed by atoms with Crippen LogP contribution in [0.25, 0.3) is 4.91 Å². The van der Waals surface area contributed by atoms with Crippen LogP contribution in [0.3, 0.4) is 0 Å². The van der Waals surface area contributed by atoms with Gasteiger partial charge in [0.05, 0.1) is 18.9 Å². The third kappa shape index (κ3) is 4.70. The van der Waals surface area contributed by atoms with Gasteiger partial charge in [0.15, 0.2) is 11.5 Å². The van der Waals surface area contributed by atoms with Gasteiger partial charge in [0.25, 0.3) is 0 Å². The second-order valence-corrected chi connectivity index (χ2v) is 9.30. The zero-order valence-corrected chi connectivity index (χ0v) is 16.7. The minimum atomic E-state index is -0.890. The molecule has 0 saturated carbocycles. The predicted molar refractivity (Wildman–Crippen MR) is 105 cm³/mol. The van der Waals surface area contributed by atoms with Crippen LogP contribution in [-0.2, 0) is 0 Å². The fraction of sp³-hybridized carbons (Fsp3) is 0.389. The van der Waals surface area contributed by atoms with Gasteiger partial charge in [0, 0.05) is 10.2 Å². The van der Waals surface area contributed by atoms with E-state index in [1.165, 1.54) is 21.8 Å². The number of halogens is 1. The van der Waals surface area contributed by atoms with Crippen LogP contribution in [0.2, 0.25) is 4.34 Å². The Labute approximate surface area is 160 Å². The molecule has 1 aromatic heterocycles. The van der Waals surface area contributed by atoms with Crippen molar-refractivity contribution >= 4 is 39.6 Å². The standard InChI is InChI=1S/C18H20ClNO3S2/c1-18(2,21)10-23-12-5-4-11(8-13(12)22-3)14-6-7-15(24-14)17-20-9-16(19)25-17/h4-5,7-9,14,21H,6,10H2,1-3H3. The van der Waals surface area contributed by atoms with Gasteiger partial charge in [-0.3, -0.25) is 0 Å². The zero-order valence-electron chi connectivity index (χ0n) is 14.3. The molecule has 2 heterocycles. The van der Waals surface area contributed by atoms with Gasteiger partial charge in [-0.15, -0.1) is 23.1 Å². The Morgan fingerprint density at radius 2 is 2.16 bits per heavy atom. The van der Waals surface area contributed by atoms with E-state index in [0.717, 1.165) is 11.4 Å². The largest absolute Gasteiger partial charge is 0.493 e. The van der Waals surface area contributed by atoms with Crippen LogP contribution < -0.4 is 9.47 Å². The van der Waals surface area contributed by atoms with E-state index in [0.29, 0.717) is 21.1 Å². The van der Waals surface area contributed by atoms with E-state index < -0.39 is 5.60 Å². The Balaban J connectivity index is 1.71. The molecule has 0 fully saturated rings. The van der Waals surface area contributed by atoms with Crippen molar-refractivity contribution in [1.29, 1.82) is 0 Å². The summed E-state index contributed by atoms with van der Waals surface area (Å²) in [5.74, 6) is 1.31. The van der Waals surface area contributed by atoms with Crippen LogP contribution in [0.1, 0.15) is 36.1 Å². The smallest absolute Gasteiger partial charge is 0.161 e. The number of ether oxygens (including phenoxy) is 2. The summed E-state index contributed by atoms with van der Waals surface area (Å²) in [5, 5.41) is 11.1. The molecule has 134 valence electrons. The number of methoxy groups -OCH3 is 1. The average Bonchev–Trinajstić information content (AvgIpc) is 3.21. The number of allylic oxidation sites excluding steroid dienone is 1. The molecule has 0 aliphatic carbocycles. The van der Waals surface area contributed by atoms with Crippen LogP contribution in [0.4, 0.5) is 0 Å². The molecule has 0 radical (unpaired) electrons. The van der Waals surface area contributed by atoms with Crippen molar-refractivity contribution in [1.82, 2.24) is 4.98 Å². The average molecular weight is 398 g/mol. The Hall–Kier alpha value is -1.21. The maximum atomic E-state index is 9.82. The first-order chi connectivity index (χ1) is 11.9. The van der Waals surface area contributed by atoms with Gasteiger partial charge < -0.3 is 14.6 Å². The summed E-state index contributed by atoms with van der Waals surface area (Å²) in [6.45, 7) is 3.62. The van der Waals surface area contributed by atoms with Gasteiger partial charge >= 0.3 is 0 Å². The number of hydrogen-bond acceptors (Lipinski definition) is 6. The Bertz CT molecular complexity index is 783. The van der Waals surface area contributed by atoms with E-state index in [1.54, 1.807) is 38.9 Å². The molecule has 7 heteroatoms. The molecule has 1 aliphatic heterocycles. The molecule has 3 rings (SSSR count). The monoisotopic (exact) mass is 397 g/mol. The number of nitrogens with zero attached hydrogens (tertiary/aromatic N) is 1. The lowest BCUT2D eigenvalue weighted by atomic mass is 10.1. The number of aliphatic hydroxyl groups is 1. The van der Waals surface area contributed by atoms with Gasteiger partial charge in [0.1, 0.15) is 16.0 Å². The lowest BCUT2D eigenvalue weighted by Gasteiger charge is -2.20. The van der Waals surface area contributed by atoms with Crippen molar-refractivity contribution in [3.05, 3.63) is 45.4 Å². The molecular formula is C18H20ClNO3S2. The molecule has 0 amide bonds. The second-order valence-electron chi connectivity index (χ2n) is 6.39. The van der Waals surface area contributed by atoms with Crippen molar-refractivity contribution in [2.75, 3.05) is 13.7 Å². The van der Waals surface area contributed by atoms with Crippen LogP contribution >= 0.6 is 34.7 Å². The number of rotatable bonds is 6. The number of thioether (sulfide) groups is 1. The van der Waals surface area contributed by atoms with Crippen molar-refractivity contribution in [3.63, 3.8) is 0 Å². The lowest BCUT2D eigenvalue weighted by Crippen LogP contribution is -2.27. The second kappa shape index (κ2) is 7.58. The molecule has 2 aromatic rings. The fourth-order valence-electron chi connectivity index (χ4n) is 2.43. The summed E-state index contributed by atoms with van der Waals surface area (Å²) in [7, 11) is 1.62. The first-order valence-electron chi connectivity index (χ1n) is 7.87. The summed E-state index contributed by atoms with van der Waals surface area (Å²) in [4.78, 5) is 5.52. The molecular weight excluding hydrogens is 378 g/mol. The van der Waals surface area contributed by atoms with E-state index >= 15 is 0 Å². The molecule has 1 atom stereocenters. The first kappa shape index (κ1) is 18.6. The van der Waals surface area contributed by atoms with Gasteiger partial charge in [-0.25, -0.2) is 4.98 Å². The van der Waals surface area contributed by atoms with E-state index in [-0.39, 0.29) is 6.61 Å². The minimum Gasteiger partial charge on any atom is -0.493 e. The summed E-state index contributed by atoms with van der Waals surface area (Å²) in [6, 6.07) is 5.95. The van der Waals surface area contributed by atoms with E-state index in [1.807, 2.05) is 18.2 Å². The maximum Gasteiger partial charge on any atom is 0.161 e. The van der Waals surface area contributed by atoms with Gasteiger partial charge in [0.2, 0.25) is 0 Å². The molecule has 1 unspecified atom stereocenters. The maximum absolute atomic E-state index is 9.82. The van der Waals surface area contributed by atoms with Crippen molar-refractivity contribution in [3.8, 4) is 11.5 Å². The normalized spacial score (nSPS) is 17.5. The molecule has 1 N–H and O–H groups in total. The molecule has 1 aliphatic rings. The Morgan fingerprint density at radius 1 is 1.36 bits per heavy atom. The van der Waals surface area contributed by atoms with E-state index in [9.17, 15) is 5.11 Å². The van der Waals surface area contributed by atoms with Crippen LogP contribution in [0.5, 0.6) is 11.5 Å². The number of aromatic nitrogens is 1. The van der Waals surface area contributed by atoms with Crippen molar-refractivity contribution in [2.24, 2.45) is 0 Å². The third-order valence-corrected chi connectivity index (χ3v) is 6.26. The number of benzene rings is 1. The van der Waals surface area contributed by atoms with Crippen molar-refractivity contribution in [2.45, 2.75) is 31.1 Å². The van der Waals surface area contributed by atoms with Crippen LogP contribution in [0.15, 0.2) is 30.5 Å². The Morgan fingerprint density at radius 3 is 2.80 bits per heavy atom. The predicted octanol–water partition coefficient (Wildman–Crippen LogP) is 5.17. The Kier molecular flexibility index (Phi) is 5.63. The van der Waals surface area contributed by atoms with Crippen molar-refractivity contribution < 1.29 is 14.6 Å². The van der Waals surface area contributed by atoms with Gasteiger partial charge in [-0.05, 0) is 38.0 Å². The summed E-state index contributed by atoms with van der Waals surface area (Å²) < 4.78 is 11.9. The van der Waals surface area contributed by atoms with Gasteiger partial charge in [-0.2, -0.15) is 0 Å². The highest BCUT2D eigenvalue weighted by atomic mass is 35.5. The van der Waals surface area contributed by atoms with Crippen LogP contribution in [0, 0.1) is 0 Å². The highest BCUT2D eigenvalue weighted by Crippen LogP contribution is 2.50. The molecule has 25 heavy (non-hydrogen) atoms. The molecule has 0 saturated heterocycles. The SMILES string of the molecule is COc1cc(C2CC=C(c3ncc(Cl)s3)S2)ccc1OCC(C)(C)O. The molecule has 1 aromatic carbocycles. The minimum absolute atomic E-state index is 0.206. The lowest BCUT2D eigenvalue weighted by molar-refractivity contribution is 0.0276. The highest BCUT2D eigenvalue weighted by molar-refractivity contribution is 8.09. The molecule has 4 nitrogen and oxygen atoms in total. The number of thiazole rings is 1. The summed E-state index contributed by atoms with van der Waals surface area (Å²) in [6.07, 6.45) is 4.83. The van der Waals surface area contributed by atoms with Gasteiger partial charge in [-0.1, -0.05) is 23.7 Å². The topological polar surface area (TPSA) is 51.6 Å². The highest BCUT2D eigenvalue weighted by Gasteiger charge is 2.24.